The van der Waals surface area contributed by atoms with Crippen LogP contribution in [0.15, 0.2) is 23.0 Å². The largest absolute Gasteiger partial charge is 0.309 e. The van der Waals surface area contributed by atoms with E-state index in [0.717, 1.165) is 5.69 Å². The molecule has 0 radical (unpaired) electrons. The van der Waals surface area contributed by atoms with Gasteiger partial charge in [-0.25, -0.2) is 9.37 Å². The van der Waals surface area contributed by atoms with Gasteiger partial charge in [0.2, 0.25) is 0 Å². The molecule has 0 atom stereocenters. The van der Waals surface area contributed by atoms with Crippen molar-refractivity contribution < 1.29 is 4.39 Å². The standard InChI is InChI=1S/C14H13ClFIN2O/c1-7(2)13-12(17)14(20)19-11(18-13)6-8-9(15)4-3-5-10(8)16/h3-5,7H,6H2,1-2H3,(H,18,19,20). The van der Waals surface area contributed by atoms with Gasteiger partial charge in [0.05, 0.1) is 9.26 Å². The molecule has 0 aliphatic heterocycles. The lowest BCUT2D eigenvalue weighted by molar-refractivity contribution is 0.611. The summed E-state index contributed by atoms with van der Waals surface area (Å²) in [6.45, 7) is 3.92. The van der Waals surface area contributed by atoms with E-state index in [1.54, 1.807) is 12.1 Å². The number of aromatic amines is 1. The fraction of sp³-hybridized carbons (Fsp3) is 0.286. The van der Waals surface area contributed by atoms with Crippen LogP contribution < -0.4 is 5.56 Å². The van der Waals surface area contributed by atoms with Crippen molar-refractivity contribution in [2.45, 2.75) is 26.2 Å². The van der Waals surface area contributed by atoms with Gasteiger partial charge in [-0.05, 0) is 40.6 Å². The van der Waals surface area contributed by atoms with Crippen LogP contribution in [0.3, 0.4) is 0 Å². The summed E-state index contributed by atoms with van der Waals surface area (Å²) in [5.74, 6) is 0.148. The zero-order valence-corrected chi connectivity index (χ0v) is 13.9. The van der Waals surface area contributed by atoms with Gasteiger partial charge in [-0.1, -0.05) is 31.5 Å². The van der Waals surface area contributed by atoms with Crippen molar-refractivity contribution in [1.82, 2.24) is 9.97 Å². The summed E-state index contributed by atoms with van der Waals surface area (Å²) in [5.41, 5.74) is 0.858. The zero-order chi connectivity index (χ0) is 14.9. The highest BCUT2D eigenvalue weighted by molar-refractivity contribution is 14.1. The second-order valence-corrected chi connectivity index (χ2v) is 6.23. The topological polar surface area (TPSA) is 45.8 Å². The summed E-state index contributed by atoms with van der Waals surface area (Å²) in [6, 6.07) is 4.51. The Balaban J connectivity index is 2.47. The third-order valence-electron chi connectivity index (χ3n) is 2.89. The Labute approximate surface area is 134 Å². The van der Waals surface area contributed by atoms with Crippen LogP contribution in [0, 0.1) is 9.39 Å². The Kier molecular flexibility index (Phi) is 4.80. The minimum Gasteiger partial charge on any atom is -0.309 e. The van der Waals surface area contributed by atoms with E-state index in [1.165, 1.54) is 6.07 Å². The fourth-order valence-electron chi connectivity index (χ4n) is 1.86. The van der Waals surface area contributed by atoms with E-state index in [1.807, 2.05) is 36.4 Å². The first-order chi connectivity index (χ1) is 9.40. The third kappa shape index (κ3) is 3.20. The van der Waals surface area contributed by atoms with E-state index in [4.69, 9.17) is 11.6 Å². The van der Waals surface area contributed by atoms with Crippen molar-refractivity contribution >= 4 is 34.2 Å². The van der Waals surface area contributed by atoms with Crippen LogP contribution >= 0.6 is 34.2 Å². The predicted molar refractivity (Wildman–Crippen MR) is 85.9 cm³/mol. The lowest BCUT2D eigenvalue weighted by Gasteiger charge is -2.10. The van der Waals surface area contributed by atoms with Crippen molar-refractivity contribution in [2.24, 2.45) is 0 Å². The lowest BCUT2D eigenvalue weighted by Crippen LogP contribution is -2.19. The van der Waals surface area contributed by atoms with E-state index in [0.29, 0.717) is 20.0 Å². The van der Waals surface area contributed by atoms with Crippen molar-refractivity contribution in [1.29, 1.82) is 0 Å². The van der Waals surface area contributed by atoms with E-state index in [9.17, 15) is 9.18 Å². The molecule has 0 aliphatic rings. The third-order valence-corrected chi connectivity index (χ3v) is 4.29. The van der Waals surface area contributed by atoms with Gasteiger partial charge in [0.15, 0.2) is 0 Å². The molecule has 1 aromatic heterocycles. The Morgan fingerprint density at radius 2 is 2.15 bits per heavy atom. The molecule has 1 heterocycles. The van der Waals surface area contributed by atoms with Gasteiger partial charge in [0.1, 0.15) is 11.6 Å². The smallest absolute Gasteiger partial charge is 0.264 e. The molecule has 0 bridgehead atoms. The molecule has 0 aliphatic carbocycles. The molecule has 6 heteroatoms. The number of hydrogen-bond donors (Lipinski definition) is 1. The maximum Gasteiger partial charge on any atom is 0.264 e. The van der Waals surface area contributed by atoms with E-state index in [-0.39, 0.29) is 17.9 Å². The minimum atomic E-state index is -0.398. The summed E-state index contributed by atoms with van der Waals surface area (Å²) in [7, 11) is 0. The number of nitrogens with zero attached hydrogens (tertiary/aromatic N) is 1. The molecule has 20 heavy (non-hydrogen) atoms. The van der Waals surface area contributed by atoms with Crippen molar-refractivity contribution in [3.05, 3.63) is 60.0 Å². The Morgan fingerprint density at radius 3 is 2.75 bits per heavy atom. The second-order valence-electron chi connectivity index (χ2n) is 4.74. The maximum atomic E-state index is 13.8. The van der Waals surface area contributed by atoms with E-state index < -0.39 is 5.82 Å². The first kappa shape index (κ1) is 15.4. The van der Waals surface area contributed by atoms with Crippen molar-refractivity contribution in [3.8, 4) is 0 Å². The van der Waals surface area contributed by atoms with Gasteiger partial charge in [-0.3, -0.25) is 4.79 Å². The quantitative estimate of drug-likeness (QED) is 0.786. The second kappa shape index (κ2) is 6.22. The Hall–Kier alpha value is -0.950. The van der Waals surface area contributed by atoms with Crippen molar-refractivity contribution in [3.63, 3.8) is 0 Å². The van der Waals surface area contributed by atoms with Gasteiger partial charge in [-0.15, -0.1) is 0 Å². The molecule has 2 rings (SSSR count). The summed E-state index contributed by atoms with van der Waals surface area (Å²) in [4.78, 5) is 19.0. The van der Waals surface area contributed by atoms with Gasteiger partial charge in [-0.2, -0.15) is 0 Å². The molecule has 0 saturated heterocycles. The molecule has 0 amide bonds. The zero-order valence-electron chi connectivity index (χ0n) is 11.0. The normalized spacial score (nSPS) is 11.1. The molecular weight excluding hydrogens is 394 g/mol. The molecule has 0 spiro atoms. The highest BCUT2D eigenvalue weighted by Crippen LogP contribution is 2.22. The minimum absolute atomic E-state index is 0.124. The first-order valence-electron chi connectivity index (χ1n) is 6.11. The highest BCUT2D eigenvalue weighted by atomic mass is 127. The monoisotopic (exact) mass is 406 g/mol. The molecule has 0 saturated carbocycles. The first-order valence-corrected chi connectivity index (χ1v) is 7.57. The van der Waals surface area contributed by atoms with Gasteiger partial charge in [0.25, 0.3) is 5.56 Å². The van der Waals surface area contributed by atoms with Crippen LogP contribution in [-0.2, 0) is 6.42 Å². The summed E-state index contributed by atoms with van der Waals surface area (Å²) in [5, 5.41) is 0.331. The number of rotatable bonds is 3. The SMILES string of the molecule is CC(C)c1nc(Cc2c(F)cccc2Cl)[nH]c(=O)c1I. The average Bonchev–Trinajstić information content (AvgIpc) is 2.37. The summed E-state index contributed by atoms with van der Waals surface area (Å²) in [6.07, 6.45) is 0.164. The highest BCUT2D eigenvalue weighted by Gasteiger charge is 2.14. The fourth-order valence-corrected chi connectivity index (χ4v) is 2.97. The number of hydrogen-bond acceptors (Lipinski definition) is 2. The molecule has 1 aromatic carbocycles. The van der Waals surface area contributed by atoms with Crippen molar-refractivity contribution in [2.75, 3.05) is 0 Å². The molecule has 106 valence electrons. The molecule has 0 fully saturated rings. The van der Waals surface area contributed by atoms with Crippen LogP contribution in [0.2, 0.25) is 5.02 Å². The molecule has 2 aromatic rings. The van der Waals surface area contributed by atoms with Crippen LogP contribution in [0.5, 0.6) is 0 Å². The number of aromatic nitrogens is 2. The summed E-state index contributed by atoms with van der Waals surface area (Å²) < 4.78 is 14.3. The van der Waals surface area contributed by atoms with E-state index >= 15 is 0 Å². The average molecular weight is 407 g/mol. The van der Waals surface area contributed by atoms with Gasteiger partial charge >= 0.3 is 0 Å². The molecule has 3 nitrogen and oxygen atoms in total. The van der Waals surface area contributed by atoms with Crippen LogP contribution in [0.25, 0.3) is 0 Å². The number of benzene rings is 1. The molecule has 0 unspecified atom stereocenters. The van der Waals surface area contributed by atoms with Crippen LogP contribution in [-0.4, -0.2) is 9.97 Å². The summed E-state index contributed by atoms with van der Waals surface area (Å²) >= 11 is 7.97. The van der Waals surface area contributed by atoms with E-state index in [2.05, 4.69) is 9.97 Å². The number of H-pyrrole nitrogens is 1. The number of halogens is 3. The van der Waals surface area contributed by atoms with Crippen LogP contribution in [0.1, 0.15) is 36.8 Å². The molecular formula is C14H13ClFIN2O. The Bertz CT molecular complexity index is 680. The number of nitrogens with one attached hydrogen (secondary N) is 1. The van der Waals surface area contributed by atoms with Gasteiger partial charge < -0.3 is 4.98 Å². The lowest BCUT2D eigenvalue weighted by atomic mass is 10.1. The van der Waals surface area contributed by atoms with Crippen LogP contribution in [0.4, 0.5) is 4.39 Å². The van der Waals surface area contributed by atoms with Gasteiger partial charge in [0, 0.05) is 17.0 Å². The maximum absolute atomic E-state index is 13.8. The Morgan fingerprint density at radius 1 is 1.45 bits per heavy atom. The molecule has 1 N–H and O–H groups in total. The predicted octanol–water partition coefficient (Wildman–Crippen LogP) is 3.88.